The van der Waals surface area contributed by atoms with Gasteiger partial charge in [-0.25, -0.2) is 4.98 Å². The van der Waals surface area contributed by atoms with Gasteiger partial charge >= 0.3 is 0 Å². The number of aryl methyl sites for hydroxylation is 1. The van der Waals surface area contributed by atoms with Crippen molar-refractivity contribution in [2.75, 3.05) is 5.32 Å². The minimum Gasteiger partial charge on any atom is -0.457 e. The fraction of sp³-hybridized carbons (Fsp3) is 0.154. The lowest BCUT2D eigenvalue weighted by Crippen LogP contribution is -2.25. The number of rotatable bonds is 4. The monoisotopic (exact) mass is 308 g/mol. The van der Waals surface area contributed by atoms with Crippen LogP contribution in [0.4, 0.5) is 5.82 Å². The molecule has 1 N–H and O–H groups in total. The van der Waals surface area contributed by atoms with Gasteiger partial charge in [0, 0.05) is 0 Å². The van der Waals surface area contributed by atoms with Gasteiger partial charge in [-0.2, -0.15) is 10.2 Å². The molecule has 1 heterocycles. The van der Waals surface area contributed by atoms with Crippen molar-refractivity contribution in [1.82, 2.24) is 9.97 Å². The SMILES string of the molecule is Cc1cccc(OC(C#N)Nc2nc(Cl)ncc2Cl)c1. The molecule has 1 atom stereocenters. The number of anilines is 1. The molecule has 1 aromatic heterocycles. The van der Waals surface area contributed by atoms with E-state index in [1.807, 2.05) is 31.2 Å². The lowest BCUT2D eigenvalue weighted by atomic mass is 10.2. The number of nitriles is 1. The largest absolute Gasteiger partial charge is 0.457 e. The van der Waals surface area contributed by atoms with Gasteiger partial charge in [0.25, 0.3) is 6.23 Å². The van der Waals surface area contributed by atoms with Crippen molar-refractivity contribution in [3.05, 3.63) is 46.3 Å². The fourth-order valence-electron chi connectivity index (χ4n) is 1.48. The third-order valence-corrected chi connectivity index (χ3v) is 2.80. The van der Waals surface area contributed by atoms with Crippen LogP contribution >= 0.6 is 23.2 Å². The highest BCUT2D eigenvalue weighted by molar-refractivity contribution is 6.33. The number of aromatic nitrogens is 2. The molecule has 0 aliphatic carbocycles. The molecule has 0 spiro atoms. The summed E-state index contributed by atoms with van der Waals surface area (Å²) in [6.07, 6.45) is 0.403. The minimum atomic E-state index is -0.944. The Bertz CT molecular complexity index is 657. The van der Waals surface area contributed by atoms with E-state index in [1.165, 1.54) is 6.20 Å². The zero-order chi connectivity index (χ0) is 14.5. The highest BCUT2D eigenvalue weighted by Crippen LogP contribution is 2.21. The van der Waals surface area contributed by atoms with Gasteiger partial charge in [-0.1, -0.05) is 23.7 Å². The van der Waals surface area contributed by atoms with E-state index >= 15 is 0 Å². The normalized spacial score (nSPS) is 11.5. The quantitative estimate of drug-likeness (QED) is 0.692. The van der Waals surface area contributed by atoms with Crippen molar-refractivity contribution < 1.29 is 4.74 Å². The first-order valence-electron chi connectivity index (χ1n) is 5.66. The van der Waals surface area contributed by atoms with Crippen LogP contribution in [0.5, 0.6) is 5.75 Å². The Morgan fingerprint density at radius 1 is 1.40 bits per heavy atom. The maximum absolute atomic E-state index is 9.12. The van der Waals surface area contributed by atoms with Crippen molar-refractivity contribution in [3.8, 4) is 11.8 Å². The third kappa shape index (κ3) is 3.73. The number of halogens is 2. The highest BCUT2D eigenvalue weighted by Gasteiger charge is 2.13. The predicted octanol–water partition coefficient (Wildman–Crippen LogP) is 3.43. The summed E-state index contributed by atoms with van der Waals surface area (Å²) in [5.74, 6) is 0.811. The van der Waals surface area contributed by atoms with Crippen LogP contribution in [0.2, 0.25) is 10.3 Å². The zero-order valence-electron chi connectivity index (χ0n) is 10.5. The fourth-order valence-corrected chi connectivity index (χ4v) is 1.76. The number of nitrogens with one attached hydrogen (secondary N) is 1. The maximum Gasteiger partial charge on any atom is 0.259 e. The molecule has 1 aromatic carbocycles. The number of nitrogens with zero attached hydrogens (tertiary/aromatic N) is 3. The maximum atomic E-state index is 9.12. The van der Waals surface area contributed by atoms with Crippen LogP contribution in [0.1, 0.15) is 5.56 Å². The first-order chi connectivity index (χ1) is 9.58. The summed E-state index contributed by atoms with van der Waals surface area (Å²) in [7, 11) is 0. The molecule has 0 bridgehead atoms. The van der Waals surface area contributed by atoms with Gasteiger partial charge in [0.05, 0.1) is 6.20 Å². The van der Waals surface area contributed by atoms with Gasteiger partial charge in [0.2, 0.25) is 5.28 Å². The van der Waals surface area contributed by atoms with E-state index < -0.39 is 6.23 Å². The van der Waals surface area contributed by atoms with Crippen LogP contribution in [-0.4, -0.2) is 16.2 Å². The Balaban J connectivity index is 2.13. The molecule has 0 amide bonds. The molecule has 7 heteroatoms. The molecule has 0 radical (unpaired) electrons. The van der Waals surface area contributed by atoms with E-state index in [-0.39, 0.29) is 16.1 Å². The molecule has 2 aromatic rings. The predicted molar refractivity (Wildman–Crippen MR) is 76.9 cm³/mol. The molecule has 20 heavy (non-hydrogen) atoms. The molecule has 0 saturated heterocycles. The second kappa shape index (κ2) is 6.42. The molecular formula is C13H10Cl2N4O. The van der Waals surface area contributed by atoms with Crippen LogP contribution in [0.3, 0.4) is 0 Å². The highest BCUT2D eigenvalue weighted by atomic mass is 35.5. The first-order valence-corrected chi connectivity index (χ1v) is 6.41. The summed E-state index contributed by atoms with van der Waals surface area (Å²) < 4.78 is 5.51. The lowest BCUT2D eigenvalue weighted by Gasteiger charge is -2.15. The lowest BCUT2D eigenvalue weighted by molar-refractivity contribution is 0.283. The Kier molecular flexibility index (Phi) is 4.61. The van der Waals surface area contributed by atoms with Gasteiger partial charge < -0.3 is 10.1 Å². The molecule has 2 rings (SSSR count). The van der Waals surface area contributed by atoms with E-state index in [9.17, 15) is 0 Å². The summed E-state index contributed by atoms with van der Waals surface area (Å²) in [6, 6.07) is 9.32. The van der Waals surface area contributed by atoms with Crippen molar-refractivity contribution in [2.24, 2.45) is 0 Å². The summed E-state index contributed by atoms with van der Waals surface area (Å²) in [5.41, 5.74) is 1.03. The average molecular weight is 309 g/mol. The summed E-state index contributed by atoms with van der Waals surface area (Å²) >= 11 is 11.6. The Labute approximate surface area is 126 Å². The summed E-state index contributed by atoms with van der Waals surface area (Å²) in [4.78, 5) is 7.63. The number of hydrogen-bond acceptors (Lipinski definition) is 5. The van der Waals surface area contributed by atoms with E-state index in [0.717, 1.165) is 5.56 Å². The summed E-state index contributed by atoms with van der Waals surface area (Å²) in [6.45, 7) is 1.93. The summed E-state index contributed by atoms with van der Waals surface area (Å²) in [5, 5.41) is 12.2. The second-order valence-electron chi connectivity index (χ2n) is 3.92. The number of benzene rings is 1. The van der Waals surface area contributed by atoms with E-state index in [2.05, 4.69) is 15.3 Å². The van der Waals surface area contributed by atoms with Crippen molar-refractivity contribution in [1.29, 1.82) is 5.26 Å². The Hall–Kier alpha value is -2.03. The molecule has 0 aliphatic heterocycles. The van der Waals surface area contributed by atoms with Gasteiger partial charge in [0.15, 0.2) is 5.82 Å². The van der Waals surface area contributed by atoms with Gasteiger partial charge in [0.1, 0.15) is 16.8 Å². The molecule has 0 fully saturated rings. The van der Waals surface area contributed by atoms with Crippen molar-refractivity contribution >= 4 is 29.0 Å². The number of ether oxygens (including phenoxy) is 1. The van der Waals surface area contributed by atoms with Crippen LogP contribution in [0, 0.1) is 18.3 Å². The van der Waals surface area contributed by atoms with Gasteiger partial charge in [-0.05, 0) is 36.2 Å². The van der Waals surface area contributed by atoms with E-state index in [1.54, 1.807) is 6.07 Å². The third-order valence-electron chi connectivity index (χ3n) is 2.34. The molecular weight excluding hydrogens is 299 g/mol. The van der Waals surface area contributed by atoms with Crippen LogP contribution in [-0.2, 0) is 0 Å². The minimum absolute atomic E-state index is 0.0316. The smallest absolute Gasteiger partial charge is 0.259 e. The first kappa shape index (κ1) is 14.4. The topological polar surface area (TPSA) is 70.8 Å². The van der Waals surface area contributed by atoms with E-state index in [0.29, 0.717) is 5.75 Å². The number of hydrogen-bond donors (Lipinski definition) is 1. The standard InChI is InChI=1S/C13H10Cl2N4O/c1-8-3-2-4-9(5-8)20-11(6-16)18-12-10(14)7-17-13(15)19-12/h2-5,7,11H,1H3,(H,17,18,19). The van der Waals surface area contributed by atoms with Crippen molar-refractivity contribution in [2.45, 2.75) is 13.2 Å². The molecule has 1 unspecified atom stereocenters. The van der Waals surface area contributed by atoms with Crippen molar-refractivity contribution in [3.63, 3.8) is 0 Å². The molecule has 5 nitrogen and oxygen atoms in total. The van der Waals surface area contributed by atoms with Gasteiger partial charge in [-0.15, -0.1) is 0 Å². The van der Waals surface area contributed by atoms with E-state index in [4.69, 9.17) is 33.2 Å². The second-order valence-corrected chi connectivity index (χ2v) is 4.67. The zero-order valence-corrected chi connectivity index (χ0v) is 12.0. The van der Waals surface area contributed by atoms with Crippen LogP contribution in [0.15, 0.2) is 30.5 Å². The van der Waals surface area contributed by atoms with Crippen LogP contribution in [0.25, 0.3) is 0 Å². The molecule has 102 valence electrons. The molecule has 0 aliphatic rings. The van der Waals surface area contributed by atoms with Crippen LogP contribution < -0.4 is 10.1 Å². The van der Waals surface area contributed by atoms with Gasteiger partial charge in [-0.3, -0.25) is 0 Å². The average Bonchev–Trinajstić information content (AvgIpc) is 2.42. The Morgan fingerprint density at radius 2 is 2.20 bits per heavy atom. The Morgan fingerprint density at radius 3 is 2.90 bits per heavy atom. The molecule has 0 saturated carbocycles.